The molecule has 0 saturated carbocycles. The number of aryl methyl sites for hydroxylation is 1. The van der Waals surface area contributed by atoms with Gasteiger partial charge in [0.25, 0.3) is 0 Å². The standard InChI is InChI=1S/C22H34N6O2/c1-4-27(5-2)14-15-30-20-8-6-18(7-9-20)16-23-22(29)28-12-10-19(11-13-28)21-25-24-17-26(21)3/h6-9,17,19H,4-5,10-16H2,1-3H3,(H,23,29). The lowest BCUT2D eigenvalue weighted by Crippen LogP contribution is -2.44. The number of aromatic nitrogens is 3. The van der Waals surface area contributed by atoms with Crippen LogP contribution in [0, 0.1) is 0 Å². The number of rotatable bonds is 9. The lowest BCUT2D eigenvalue weighted by atomic mass is 9.96. The predicted molar refractivity (Wildman–Crippen MR) is 117 cm³/mol. The minimum absolute atomic E-state index is 0.00837. The van der Waals surface area contributed by atoms with Crippen LogP contribution in [-0.4, -0.2) is 69.9 Å². The van der Waals surface area contributed by atoms with Gasteiger partial charge in [0.1, 0.15) is 24.5 Å². The Bertz CT molecular complexity index is 779. The Morgan fingerprint density at radius 1 is 1.20 bits per heavy atom. The van der Waals surface area contributed by atoms with Crippen LogP contribution in [0.5, 0.6) is 5.75 Å². The van der Waals surface area contributed by atoms with Crippen molar-refractivity contribution >= 4 is 6.03 Å². The van der Waals surface area contributed by atoms with E-state index < -0.39 is 0 Å². The SMILES string of the molecule is CCN(CC)CCOc1ccc(CNC(=O)N2CCC(c3nncn3C)CC2)cc1. The molecule has 164 valence electrons. The third-order valence-corrected chi connectivity index (χ3v) is 5.83. The molecule has 1 saturated heterocycles. The molecule has 0 aliphatic carbocycles. The van der Waals surface area contributed by atoms with Crippen LogP contribution in [0.2, 0.25) is 0 Å². The van der Waals surface area contributed by atoms with Gasteiger partial charge in [0.05, 0.1) is 0 Å². The Morgan fingerprint density at radius 2 is 1.90 bits per heavy atom. The van der Waals surface area contributed by atoms with Crippen molar-refractivity contribution < 1.29 is 9.53 Å². The number of urea groups is 1. The number of likely N-dealkylation sites (N-methyl/N-ethyl adjacent to an activating group) is 1. The van der Waals surface area contributed by atoms with Crippen molar-refractivity contribution in [2.45, 2.75) is 39.2 Å². The molecule has 1 N–H and O–H groups in total. The third kappa shape index (κ3) is 5.95. The molecule has 0 radical (unpaired) electrons. The number of carbonyl (C=O) groups is 1. The van der Waals surface area contributed by atoms with E-state index in [0.717, 1.165) is 62.7 Å². The summed E-state index contributed by atoms with van der Waals surface area (Å²) in [6.45, 7) is 10.00. The summed E-state index contributed by atoms with van der Waals surface area (Å²) in [6.07, 6.45) is 3.56. The number of amides is 2. The highest BCUT2D eigenvalue weighted by atomic mass is 16.5. The maximum Gasteiger partial charge on any atom is 0.317 e. The second-order valence-corrected chi connectivity index (χ2v) is 7.74. The molecule has 1 aromatic heterocycles. The van der Waals surface area contributed by atoms with E-state index in [1.807, 2.05) is 40.8 Å². The van der Waals surface area contributed by atoms with E-state index >= 15 is 0 Å². The number of hydrogen-bond donors (Lipinski definition) is 1. The molecule has 0 spiro atoms. The summed E-state index contributed by atoms with van der Waals surface area (Å²) in [5.74, 6) is 2.24. The van der Waals surface area contributed by atoms with E-state index in [4.69, 9.17) is 4.74 Å². The van der Waals surface area contributed by atoms with Gasteiger partial charge in [-0.25, -0.2) is 4.79 Å². The average Bonchev–Trinajstić information content (AvgIpc) is 3.22. The highest BCUT2D eigenvalue weighted by Crippen LogP contribution is 2.26. The number of carbonyl (C=O) groups excluding carboxylic acids is 1. The van der Waals surface area contributed by atoms with E-state index in [-0.39, 0.29) is 6.03 Å². The van der Waals surface area contributed by atoms with E-state index in [1.54, 1.807) is 6.33 Å². The molecule has 1 aliphatic heterocycles. The molecule has 0 unspecified atom stereocenters. The molecular formula is C22H34N6O2. The molecule has 0 bridgehead atoms. The molecular weight excluding hydrogens is 380 g/mol. The van der Waals surface area contributed by atoms with Gasteiger partial charge in [-0.05, 0) is 43.6 Å². The normalized spacial score (nSPS) is 14.9. The second kappa shape index (κ2) is 11.0. The van der Waals surface area contributed by atoms with Gasteiger partial charge in [-0.3, -0.25) is 0 Å². The van der Waals surface area contributed by atoms with Crippen molar-refractivity contribution in [3.05, 3.63) is 42.0 Å². The van der Waals surface area contributed by atoms with Gasteiger partial charge < -0.3 is 24.4 Å². The first-order chi connectivity index (χ1) is 14.6. The smallest absolute Gasteiger partial charge is 0.317 e. The van der Waals surface area contributed by atoms with Crippen LogP contribution in [0.1, 0.15) is 44.0 Å². The Labute approximate surface area is 179 Å². The average molecular weight is 415 g/mol. The largest absolute Gasteiger partial charge is 0.492 e. The first-order valence-electron chi connectivity index (χ1n) is 10.9. The fraction of sp³-hybridized carbons (Fsp3) is 0.591. The number of ether oxygens (including phenoxy) is 1. The molecule has 30 heavy (non-hydrogen) atoms. The van der Waals surface area contributed by atoms with Crippen molar-refractivity contribution in [3.8, 4) is 5.75 Å². The Hall–Kier alpha value is -2.61. The molecule has 2 heterocycles. The summed E-state index contributed by atoms with van der Waals surface area (Å²) in [5.41, 5.74) is 1.06. The zero-order chi connectivity index (χ0) is 21.3. The van der Waals surface area contributed by atoms with Crippen molar-refractivity contribution in [2.75, 3.05) is 39.3 Å². The number of piperidine rings is 1. The number of likely N-dealkylation sites (tertiary alicyclic amines) is 1. The van der Waals surface area contributed by atoms with E-state index in [9.17, 15) is 4.79 Å². The molecule has 0 atom stereocenters. The zero-order valence-corrected chi connectivity index (χ0v) is 18.4. The summed E-state index contributed by atoms with van der Waals surface area (Å²) in [5, 5.41) is 11.2. The van der Waals surface area contributed by atoms with Crippen LogP contribution in [0.25, 0.3) is 0 Å². The van der Waals surface area contributed by atoms with Gasteiger partial charge in [-0.15, -0.1) is 10.2 Å². The minimum Gasteiger partial charge on any atom is -0.492 e. The quantitative estimate of drug-likeness (QED) is 0.683. The highest BCUT2D eigenvalue weighted by Gasteiger charge is 2.26. The summed E-state index contributed by atoms with van der Waals surface area (Å²) >= 11 is 0. The molecule has 8 heteroatoms. The topological polar surface area (TPSA) is 75.5 Å². The van der Waals surface area contributed by atoms with Gasteiger partial charge >= 0.3 is 6.03 Å². The fourth-order valence-corrected chi connectivity index (χ4v) is 3.83. The van der Waals surface area contributed by atoms with E-state index in [1.165, 1.54) is 0 Å². The van der Waals surface area contributed by atoms with Crippen LogP contribution in [0.15, 0.2) is 30.6 Å². The van der Waals surface area contributed by atoms with Gasteiger partial charge in [0, 0.05) is 39.1 Å². The fourth-order valence-electron chi connectivity index (χ4n) is 3.83. The number of nitrogens with one attached hydrogen (secondary N) is 1. The van der Waals surface area contributed by atoms with Crippen molar-refractivity contribution in [1.29, 1.82) is 0 Å². The van der Waals surface area contributed by atoms with E-state index in [0.29, 0.717) is 19.1 Å². The van der Waals surface area contributed by atoms with Gasteiger partial charge in [-0.1, -0.05) is 26.0 Å². The molecule has 2 amide bonds. The molecule has 2 aromatic rings. The monoisotopic (exact) mass is 414 g/mol. The lowest BCUT2D eigenvalue weighted by Gasteiger charge is -2.31. The second-order valence-electron chi connectivity index (χ2n) is 7.74. The Morgan fingerprint density at radius 3 is 2.50 bits per heavy atom. The first kappa shape index (κ1) is 22.1. The van der Waals surface area contributed by atoms with Crippen LogP contribution >= 0.6 is 0 Å². The molecule has 1 fully saturated rings. The van der Waals surface area contributed by atoms with E-state index in [2.05, 4.69) is 34.3 Å². The first-order valence-corrected chi connectivity index (χ1v) is 10.9. The Balaban J connectivity index is 1.38. The molecule has 1 aliphatic rings. The maximum atomic E-state index is 12.5. The Kier molecular flexibility index (Phi) is 8.07. The van der Waals surface area contributed by atoms with Crippen LogP contribution in [0.3, 0.4) is 0 Å². The summed E-state index contributed by atoms with van der Waals surface area (Å²) < 4.78 is 7.79. The van der Waals surface area contributed by atoms with Crippen LogP contribution in [-0.2, 0) is 13.6 Å². The third-order valence-electron chi connectivity index (χ3n) is 5.83. The maximum absolute atomic E-state index is 12.5. The number of hydrogen-bond acceptors (Lipinski definition) is 5. The van der Waals surface area contributed by atoms with Gasteiger partial charge in [0.2, 0.25) is 0 Å². The molecule has 8 nitrogen and oxygen atoms in total. The molecule has 1 aromatic carbocycles. The number of nitrogens with zero attached hydrogens (tertiary/aromatic N) is 5. The van der Waals surface area contributed by atoms with Gasteiger partial charge in [-0.2, -0.15) is 0 Å². The summed E-state index contributed by atoms with van der Waals surface area (Å²) in [6, 6.07) is 7.94. The highest BCUT2D eigenvalue weighted by molar-refractivity contribution is 5.74. The lowest BCUT2D eigenvalue weighted by molar-refractivity contribution is 0.179. The van der Waals surface area contributed by atoms with Crippen molar-refractivity contribution in [2.24, 2.45) is 7.05 Å². The van der Waals surface area contributed by atoms with Crippen molar-refractivity contribution in [1.82, 2.24) is 29.9 Å². The molecule has 3 rings (SSSR count). The van der Waals surface area contributed by atoms with Crippen molar-refractivity contribution in [3.63, 3.8) is 0 Å². The van der Waals surface area contributed by atoms with Crippen LogP contribution < -0.4 is 10.1 Å². The summed E-state index contributed by atoms with van der Waals surface area (Å²) in [7, 11) is 1.97. The zero-order valence-electron chi connectivity index (χ0n) is 18.4. The minimum atomic E-state index is -0.00837. The number of benzene rings is 1. The van der Waals surface area contributed by atoms with Gasteiger partial charge in [0.15, 0.2) is 0 Å². The summed E-state index contributed by atoms with van der Waals surface area (Å²) in [4.78, 5) is 16.7. The van der Waals surface area contributed by atoms with Crippen LogP contribution in [0.4, 0.5) is 4.79 Å². The predicted octanol–water partition coefficient (Wildman–Crippen LogP) is 2.62.